The van der Waals surface area contributed by atoms with E-state index in [0.29, 0.717) is 6.42 Å². The first-order chi connectivity index (χ1) is 8.27. The van der Waals surface area contributed by atoms with Crippen LogP contribution in [0.2, 0.25) is 0 Å². The largest absolute Gasteiger partial charge is 0.353 e. The smallest absolute Gasteiger partial charge is 0.147 e. The molecule has 2 heterocycles. The molecule has 1 fully saturated rings. The molecule has 1 aromatic heterocycles. The normalized spacial score (nSPS) is 16.0. The number of carbonyl (C=O) groups is 1. The summed E-state index contributed by atoms with van der Waals surface area (Å²) >= 11 is 0. The molecule has 5 heteroatoms. The molecule has 0 unspecified atom stereocenters. The van der Waals surface area contributed by atoms with Crippen LogP contribution in [-0.2, 0) is 4.79 Å². The van der Waals surface area contributed by atoms with Crippen LogP contribution in [0.1, 0.15) is 13.3 Å². The molecule has 1 aliphatic heterocycles. The summed E-state index contributed by atoms with van der Waals surface area (Å²) in [6.07, 6.45) is 6.79. The van der Waals surface area contributed by atoms with Gasteiger partial charge in [0, 0.05) is 45.0 Å². The van der Waals surface area contributed by atoms with Crippen LogP contribution in [-0.4, -0.2) is 54.4 Å². The van der Waals surface area contributed by atoms with Gasteiger partial charge in [-0.05, 0) is 7.05 Å². The quantitative estimate of drug-likeness (QED) is 0.712. The molecule has 0 saturated carbocycles. The van der Waals surface area contributed by atoms with Crippen LogP contribution in [0.3, 0.4) is 0 Å². The maximum Gasteiger partial charge on any atom is 0.147 e. The van der Waals surface area contributed by atoms with Crippen LogP contribution >= 0.6 is 0 Å². The second-order valence-electron chi connectivity index (χ2n) is 3.93. The number of rotatable bonds is 2. The van der Waals surface area contributed by atoms with Crippen molar-refractivity contribution in [2.45, 2.75) is 13.3 Å². The molecule has 0 radical (unpaired) electrons. The number of hydrogen-bond donors (Lipinski definition) is 0. The molecule has 0 spiro atoms. The lowest BCUT2D eigenvalue weighted by Gasteiger charge is -2.32. The third-order valence-electron chi connectivity index (χ3n) is 2.54. The molecule has 0 aliphatic carbocycles. The van der Waals surface area contributed by atoms with Crippen molar-refractivity contribution in [3.63, 3.8) is 0 Å². The predicted molar refractivity (Wildman–Crippen MR) is 68.1 cm³/mol. The maximum atomic E-state index is 9.17. The lowest BCUT2D eigenvalue weighted by molar-refractivity contribution is -0.107. The molecule has 0 amide bonds. The Bertz CT molecular complexity index is 310. The first kappa shape index (κ1) is 13.6. The summed E-state index contributed by atoms with van der Waals surface area (Å²) < 4.78 is 0. The van der Waals surface area contributed by atoms with E-state index in [1.54, 1.807) is 12.4 Å². The van der Waals surface area contributed by atoms with Gasteiger partial charge in [0.25, 0.3) is 0 Å². The van der Waals surface area contributed by atoms with E-state index in [1.807, 2.05) is 13.1 Å². The highest BCUT2D eigenvalue weighted by atomic mass is 16.1. The minimum atomic E-state index is 0.639. The molecule has 94 valence electrons. The molecule has 0 bridgehead atoms. The first-order valence-corrected chi connectivity index (χ1v) is 5.91. The van der Waals surface area contributed by atoms with E-state index in [-0.39, 0.29) is 0 Å². The second kappa shape index (κ2) is 7.73. The molecule has 0 N–H and O–H groups in total. The third kappa shape index (κ3) is 4.91. The Morgan fingerprint density at radius 2 is 1.94 bits per heavy atom. The highest BCUT2D eigenvalue weighted by molar-refractivity contribution is 5.48. The number of piperazine rings is 1. The van der Waals surface area contributed by atoms with Gasteiger partial charge in [0.1, 0.15) is 12.1 Å². The topological polar surface area (TPSA) is 49.3 Å². The molecule has 17 heavy (non-hydrogen) atoms. The minimum absolute atomic E-state index is 0.639. The highest BCUT2D eigenvalue weighted by Crippen LogP contribution is 2.09. The van der Waals surface area contributed by atoms with Crippen molar-refractivity contribution in [3.05, 3.63) is 18.6 Å². The van der Waals surface area contributed by atoms with E-state index in [1.165, 1.54) is 0 Å². The van der Waals surface area contributed by atoms with Gasteiger partial charge in [-0.2, -0.15) is 0 Å². The van der Waals surface area contributed by atoms with E-state index in [0.717, 1.165) is 38.3 Å². The Morgan fingerprint density at radius 1 is 1.29 bits per heavy atom. The molecule has 1 aliphatic rings. The zero-order valence-electron chi connectivity index (χ0n) is 10.5. The number of carbonyl (C=O) groups excluding carboxylic acids is 1. The van der Waals surface area contributed by atoms with Crippen molar-refractivity contribution < 1.29 is 4.79 Å². The fourth-order valence-electron chi connectivity index (χ4n) is 1.49. The van der Waals surface area contributed by atoms with Crippen molar-refractivity contribution in [3.8, 4) is 0 Å². The van der Waals surface area contributed by atoms with Crippen LogP contribution in [0.25, 0.3) is 0 Å². The Kier molecular flexibility index (Phi) is 6.17. The van der Waals surface area contributed by atoms with Gasteiger partial charge in [0.15, 0.2) is 0 Å². The average molecular weight is 236 g/mol. The van der Waals surface area contributed by atoms with E-state index < -0.39 is 0 Å². The summed E-state index contributed by atoms with van der Waals surface area (Å²) in [6.45, 7) is 6.13. The van der Waals surface area contributed by atoms with Crippen molar-refractivity contribution in [2.75, 3.05) is 38.1 Å². The SMILES string of the molecule is CCC=O.CN1CCN(c2cnccn2)CC1. The zero-order valence-corrected chi connectivity index (χ0v) is 10.5. The van der Waals surface area contributed by atoms with Crippen LogP contribution in [0.5, 0.6) is 0 Å². The number of nitrogens with zero attached hydrogens (tertiary/aromatic N) is 4. The fraction of sp³-hybridized carbons (Fsp3) is 0.583. The Morgan fingerprint density at radius 3 is 2.41 bits per heavy atom. The van der Waals surface area contributed by atoms with E-state index in [2.05, 4.69) is 26.8 Å². The van der Waals surface area contributed by atoms with Crippen molar-refractivity contribution in [2.24, 2.45) is 0 Å². The van der Waals surface area contributed by atoms with Gasteiger partial charge in [-0.25, -0.2) is 4.98 Å². The van der Waals surface area contributed by atoms with Crippen LogP contribution in [0.4, 0.5) is 5.82 Å². The average Bonchev–Trinajstić information content (AvgIpc) is 2.41. The molecule has 1 saturated heterocycles. The van der Waals surface area contributed by atoms with Gasteiger partial charge >= 0.3 is 0 Å². The standard InChI is InChI=1S/C9H14N4.C3H6O/c1-12-4-6-13(7-5-12)9-8-10-2-3-11-9;1-2-3-4/h2-3,8H,4-7H2,1H3;3H,2H2,1H3. The number of aldehydes is 1. The van der Waals surface area contributed by atoms with Crippen LogP contribution in [0, 0.1) is 0 Å². The summed E-state index contributed by atoms with van der Waals surface area (Å²) in [4.78, 5) is 22.1. The van der Waals surface area contributed by atoms with E-state index in [9.17, 15) is 4.79 Å². The molecule has 1 aromatic rings. The molecular weight excluding hydrogens is 216 g/mol. The van der Waals surface area contributed by atoms with Gasteiger partial charge in [-0.1, -0.05) is 6.92 Å². The Balaban J connectivity index is 0.000000317. The lowest BCUT2D eigenvalue weighted by atomic mass is 10.3. The summed E-state index contributed by atoms with van der Waals surface area (Å²) in [5.41, 5.74) is 0. The summed E-state index contributed by atoms with van der Waals surface area (Å²) in [7, 11) is 2.15. The van der Waals surface area contributed by atoms with Gasteiger partial charge in [0.2, 0.25) is 0 Å². The molecule has 5 nitrogen and oxygen atoms in total. The molecule has 0 atom stereocenters. The van der Waals surface area contributed by atoms with Gasteiger partial charge in [-0.3, -0.25) is 4.98 Å². The first-order valence-electron chi connectivity index (χ1n) is 5.91. The van der Waals surface area contributed by atoms with Crippen molar-refractivity contribution in [1.29, 1.82) is 0 Å². The fourth-order valence-corrected chi connectivity index (χ4v) is 1.49. The highest BCUT2D eigenvalue weighted by Gasteiger charge is 2.14. The van der Waals surface area contributed by atoms with Crippen LogP contribution < -0.4 is 4.90 Å². The second-order valence-corrected chi connectivity index (χ2v) is 3.93. The van der Waals surface area contributed by atoms with Crippen molar-refractivity contribution in [1.82, 2.24) is 14.9 Å². The number of aromatic nitrogens is 2. The number of anilines is 1. The monoisotopic (exact) mass is 236 g/mol. The van der Waals surface area contributed by atoms with E-state index in [4.69, 9.17) is 0 Å². The molecule has 2 rings (SSSR count). The lowest BCUT2D eigenvalue weighted by Crippen LogP contribution is -2.44. The van der Waals surface area contributed by atoms with Gasteiger partial charge in [0.05, 0.1) is 6.20 Å². The van der Waals surface area contributed by atoms with Gasteiger partial charge in [-0.15, -0.1) is 0 Å². The summed E-state index contributed by atoms with van der Waals surface area (Å²) in [6, 6.07) is 0. The van der Waals surface area contributed by atoms with Crippen molar-refractivity contribution >= 4 is 12.1 Å². The Labute approximate surface area is 102 Å². The number of hydrogen-bond acceptors (Lipinski definition) is 5. The zero-order chi connectivity index (χ0) is 12.5. The molecular formula is C12H20N4O. The summed E-state index contributed by atoms with van der Waals surface area (Å²) in [5.74, 6) is 0.996. The summed E-state index contributed by atoms with van der Waals surface area (Å²) in [5, 5.41) is 0. The molecule has 0 aromatic carbocycles. The number of likely N-dealkylation sites (N-methyl/N-ethyl adjacent to an activating group) is 1. The predicted octanol–water partition coefficient (Wildman–Crippen LogP) is 0.824. The van der Waals surface area contributed by atoms with Gasteiger partial charge < -0.3 is 14.6 Å². The maximum absolute atomic E-state index is 9.17. The third-order valence-corrected chi connectivity index (χ3v) is 2.54. The van der Waals surface area contributed by atoms with E-state index >= 15 is 0 Å². The Hall–Kier alpha value is -1.49. The van der Waals surface area contributed by atoms with Crippen LogP contribution in [0.15, 0.2) is 18.6 Å². The minimum Gasteiger partial charge on any atom is -0.353 e.